The van der Waals surface area contributed by atoms with Crippen molar-refractivity contribution in [3.05, 3.63) is 11.6 Å². The predicted molar refractivity (Wildman–Crippen MR) is 72.4 cm³/mol. The number of nitrogens with one attached hydrogen (secondary N) is 2. The molecule has 0 atom stereocenters. The number of aliphatic imine (C=N–C) groups is 1. The molecular weight excluding hydrogens is 214 g/mol. The Hall–Kier alpha value is -1.03. The van der Waals surface area contributed by atoms with E-state index in [0.717, 1.165) is 25.5 Å². The molecule has 0 radical (unpaired) electrons. The number of hydrogen-bond donors (Lipinski definition) is 2. The van der Waals surface area contributed by atoms with E-state index < -0.39 is 0 Å². The van der Waals surface area contributed by atoms with E-state index in [1.165, 1.54) is 19.3 Å². The molecule has 2 N–H and O–H groups in total. The summed E-state index contributed by atoms with van der Waals surface area (Å²) in [6.45, 7) is 5.30. The standard InChI is InChI=1S/C13H25N3O/c1-3-14-13(16-10-11-17-2)15-9-8-12-6-4-5-7-12/h6H,3-5,7-11H2,1-2H3,(H2,14,15,16). The molecule has 1 rings (SSSR count). The molecule has 4 heteroatoms. The van der Waals surface area contributed by atoms with Crippen molar-refractivity contribution in [1.82, 2.24) is 10.6 Å². The van der Waals surface area contributed by atoms with Crippen LogP contribution < -0.4 is 10.6 Å². The summed E-state index contributed by atoms with van der Waals surface area (Å²) in [5, 5.41) is 6.58. The zero-order chi connectivity index (χ0) is 12.3. The second-order valence-corrected chi connectivity index (χ2v) is 4.18. The van der Waals surface area contributed by atoms with E-state index >= 15 is 0 Å². The summed E-state index contributed by atoms with van der Waals surface area (Å²) in [5.41, 5.74) is 1.59. The Morgan fingerprint density at radius 2 is 2.35 bits per heavy atom. The van der Waals surface area contributed by atoms with Crippen LogP contribution in [0.5, 0.6) is 0 Å². The number of ether oxygens (including phenoxy) is 1. The molecule has 0 unspecified atom stereocenters. The highest BCUT2D eigenvalue weighted by Crippen LogP contribution is 2.19. The van der Waals surface area contributed by atoms with Crippen LogP contribution in [0.1, 0.15) is 32.6 Å². The predicted octanol–water partition coefficient (Wildman–Crippen LogP) is 1.69. The van der Waals surface area contributed by atoms with Crippen molar-refractivity contribution in [3.8, 4) is 0 Å². The van der Waals surface area contributed by atoms with Crippen LogP contribution in [-0.2, 0) is 4.74 Å². The van der Waals surface area contributed by atoms with Crippen molar-refractivity contribution in [2.75, 3.05) is 33.4 Å². The monoisotopic (exact) mass is 239 g/mol. The molecule has 1 aliphatic carbocycles. The Morgan fingerprint density at radius 1 is 1.47 bits per heavy atom. The normalized spacial score (nSPS) is 15.9. The second kappa shape index (κ2) is 9.05. The number of nitrogens with zero attached hydrogens (tertiary/aromatic N) is 1. The Morgan fingerprint density at radius 3 is 3.00 bits per heavy atom. The van der Waals surface area contributed by atoms with E-state index in [4.69, 9.17) is 4.74 Å². The van der Waals surface area contributed by atoms with E-state index in [-0.39, 0.29) is 0 Å². The highest BCUT2D eigenvalue weighted by molar-refractivity contribution is 5.79. The van der Waals surface area contributed by atoms with E-state index in [2.05, 4.69) is 28.6 Å². The molecule has 4 nitrogen and oxygen atoms in total. The zero-order valence-corrected chi connectivity index (χ0v) is 11.1. The molecule has 98 valence electrons. The SMILES string of the molecule is CCNC(=NCCOC)NCCC1=CCCC1. The summed E-state index contributed by atoms with van der Waals surface area (Å²) in [7, 11) is 1.70. The Labute approximate surface area is 105 Å². The van der Waals surface area contributed by atoms with Crippen molar-refractivity contribution in [2.24, 2.45) is 4.99 Å². The van der Waals surface area contributed by atoms with Crippen LogP contribution in [0, 0.1) is 0 Å². The topological polar surface area (TPSA) is 45.7 Å². The van der Waals surface area contributed by atoms with Crippen LogP contribution in [-0.4, -0.2) is 39.3 Å². The zero-order valence-electron chi connectivity index (χ0n) is 11.1. The number of rotatable bonds is 7. The van der Waals surface area contributed by atoms with E-state index in [9.17, 15) is 0 Å². The fraction of sp³-hybridized carbons (Fsp3) is 0.769. The Bertz CT molecular complexity index is 261. The van der Waals surface area contributed by atoms with Gasteiger partial charge in [0.1, 0.15) is 0 Å². The molecule has 0 heterocycles. The van der Waals surface area contributed by atoms with E-state index in [0.29, 0.717) is 13.2 Å². The maximum Gasteiger partial charge on any atom is 0.191 e. The first kappa shape index (κ1) is 14.0. The lowest BCUT2D eigenvalue weighted by Gasteiger charge is -2.11. The molecule has 0 aromatic carbocycles. The molecule has 0 fully saturated rings. The van der Waals surface area contributed by atoms with Gasteiger partial charge < -0.3 is 15.4 Å². The fourth-order valence-corrected chi connectivity index (χ4v) is 1.90. The van der Waals surface area contributed by atoms with Gasteiger partial charge in [0.05, 0.1) is 13.2 Å². The highest BCUT2D eigenvalue weighted by Gasteiger charge is 2.04. The van der Waals surface area contributed by atoms with Gasteiger partial charge in [0.25, 0.3) is 0 Å². The molecule has 0 bridgehead atoms. The maximum absolute atomic E-state index is 4.98. The second-order valence-electron chi connectivity index (χ2n) is 4.18. The molecule has 0 spiro atoms. The molecule has 0 saturated carbocycles. The number of methoxy groups -OCH3 is 1. The number of allylic oxidation sites excluding steroid dienone is 1. The van der Waals surface area contributed by atoms with Crippen molar-refractivity contribution >= 4 is 5.96 Å². The highest BCUT2D eigenvalue weighted by atomic mass is 16.5. The Kier molecular flexibility index (Phi) is 7.47. The summed E-state index contributed by atoms with van der Waals surface area (Å²) >= 11 is 0. The molecule has 1 aliphatic rings. The van der Waals surface area contributed by atoms with Gasteiger partial charge in [-0.05, 0) is 32.6 Å². The molecule has 0 aromatic rings. The number of hydrogen-bond acceptors (Lipinski definition) is 2. The van der Waals surface area contributed by atoms with Gasteiger partial charge in [0, 0.05) is 20.2 Å². The molecular formula is C13H25N3O. The number of guanidine groups is 1. The third-order valence-corrected chi connectivity index (χ3v) is 2.78. The molecule has 0 aromatic heterocycles. The van der Waals surface area contributed by atoms with Gasteiger partial charge >= 0.3 is 0 Å². The van der Waals surface area contributed by atoms with Gasteiger partial charge in [-0.15, -0.1) is 0 Å². The fourth-order valence-electron chi connectivity index (χ4n) is 1.90. The van der Waals surface area contributed by atoms with Gasteiger partial charge in [-0.1, -0.05) is 11.6 Å². The van der Waals surface area contributed by atoms with Crippen LogP contribution >= 0.6 is 0 Å². The van der Waals surface area contributed by atoms with Gasteiger partial charge in [-0.2, -0.15) is 0 Å². The minimum absolute atomic E-state index is 0.668. The van der Waals surface area contributed by atoms with Crippen LogP contribution in [0.4, 0.5) is 0 Å². The summed E-state index contributed by atoms with van der Waals surface area (Å²) in [6, 6.07) is 0. The molecule has 0 aliphatic heterocycles. The first-order chi connectivity index (χ1) is 8.36. The smallest absolute Gasteiger partial charge is 0.191 e. The van der Waals surface area contributed by atoms with Gasteiger partial charge in [0.2, 0.25) is 0 Å². The van der Waals surface area contributed by atoms with Crippen molar-refractivity contribution < 1.29 is 4.74 Å². The quantitative estimate of drug-likeness (QED) is 0.307. The van der Waals surface area contributed by atoms with Crippen LogP contribution in [0.3, 0.4) is 0 Å². The maximum atomic E-state index is 4.98. The van der Waals surface area contributed by atoms with Gasteiger partial charge in [-0.3, -0.25) is 4.99 Å². The van der Waals surface area contributed by atoms with Crippen LogP contribution in [0.15, 0.2) is 16.6 Å². The largest absolute Gasteiger partial charge is 0.383 e. The third-order valence-electron chi connectivity index (χ3n) is 2.78. The average molecular weight is 239 g/mol. The molecule has 17 heavy (non-hydrogen) atoms. The van der Waals surface area contributed by atoms with Crippen molar-refractivity contribution in [2.45, 2.75) is 32.6 Å². The first-order valence-corrected chi connectivity index (χ1v) is 6.56. The third kappa shape index (κ3) is 6.31. The molecule has 0 saturated heterocycles. The van der Waals surface area contributed by atoms with Crippen molar-refractivity contribution in [1.29, 1.82) is 0 Å². The van der Waals surface area contributed by atoms with Gasteiger partial charge in [0.15, 0.2) is 5.96 Å². The van der Waals surface area contributed by atoms with Crippen molar-refractivity contribution in [3.63, 3.8) is 0 Å². The van der Waals surface area contributed by atoms with E-state index in [1.807, 2.05) is 0 Å². The summed E-state index contributed by atoms with van der Waals surface area (Å²) in [4.78, 5) is 4.42. The van der Waals surface area contributed by atoms with E-state index in [1.54, 1.807) is 12.7 Å². The van der Waals surface area contributed by atoms with Gasteiger partial charge in [-0.25, -0.2) is 0 Å². The average Bonchev–Trinajstić information content (AvgIpc) is 2.82. The summed E-state index contributed by atoms with van der Waals surface area (Å²) < 4.78 is 4.98. The summed E-state index contributed by atoms with van der Waals surface area (Å²) in [5.74, 6) is 0.892. The lowest BCUT2D eigenvalue weighted by atomic mass is 10.2. The lowest BCUT2D eigenvalue weighted by molar-refractivity contribution is 0.208. The molecule has 0 amide bonds. The minimum atomic E-state index is 0.668. The van der Waals surface area contributed by atoms with Crippen LogP contribution in [0.2, 0.25) is 0 Å². The lowest BCUT2D eigenvalue weighted by Crippen LogP contribution is -2.38. The first-order valence-electron chi connectivity index (χ1n) is 6.56. The van der Waals surface area contributed by atoms with Crippen LogP contribution in [0.25, 0.3) is 0 Å². The minimum Gasteiger partial charge on any atom is -0.383 e. The Balaban J connectivity index is 2.20. The summed E-state index contributed by atoms with van der Waals surface area (Å²) in [6.07, 6.45) is 7.37.